The van der Waals surface area contributed by atoms with Crippen molar-refractivity contribution in [3.05, 3.63) is 72.1 Å². The molecule has 0 aliphatic carbocycles. The molecule has 2 N–H and O–H groups in total. The van der Waals surface area contributed by atoms with Crippen LogP contribution in [-0.2, 0) is 41.6 Å². The molecular formula is C56H79FN10O7. The maximum atomic E-state index is 14.9. The summed E-state index contributed by atoms with van der Waals surface area (Å²) in [5.74, 6) is -1.78. The van der Waals surface area contributed by atoms with Crippen LogP contribution < -0.4 is 10.7 Å². The van der Waals surface area contributed by atoms with E-state index in [0.29, 0.717) is 91.0 Å². The predicted molar refractivity (Wildman–Crippen MR) is 283 cm³/mol. The Morgan fingerprint density at radius 1 is 1.07 bits per heavy atom. The molecule has 3 aromatic rings. The van der Waals surface area contributed by atoms with Gasteiger partial charge < -0.3 is 34.1 Å². The molecule has 0 saturated carbocycles. The number of carbonyl (C=O) groups excluding carboxylic acids is 5. The number of cyclic esters (lactones) is 1. The quantitative estimate of drug-likeness (QED) is 0.175. The number of pyridine rings is 1. The number of hydrogen-bond acceptors (Lipinski definition) is 11. The summed E-state index contributed by atoms with van der Waals surface area (Å²) >= 11 is 0. The monoisotopic (exact) mass is 1020 g/mol. The van der Waals surface area contributed by atoms with E-state index >= 15 is 0 Å². The summed E-state index contributed by atoms with van der Waals surface area (Å²) < 4.78 is 28.2. The normalized spacial score (nSPS) is 23.5. The van der Waals surface area contributed by atoms with Crippen LogP contribution in [0.1, 0.15) is 96.6 Å². The van der Waals surface area contributed by atoms with Gasteiger partial charge in [-0.15, -0.1) is 0 Å². The van der Waals surface area contributed by atoms with Gasteiger partial charge in [0.2, 0.25) is 11.8 Å². The van der Waals surface area contributed by atoms with Crippen molar-refractivity contribution in [3.8, 4) is 11.3 Å². The van der Waals surface area contributed by atoms with Crippen molar-refractivity contribution >= 4 is 46.2 Å². The summed E-state index contributed by atoms with van der Waals surface area (Å²) in [6.07, 6.45) is 8.53. The number of halogens is 1. The molecule has 5 aliphatic heterocycles. The Morgan fingerprint density at radius 3 is 2.54 bits per heavy atom. The minimum Gasteiger partial charge on any atom is -0.464 e. The number of hydrogen-bond donors (Lipinski definition) is 2. The zero-order chi connectivity index (χ0) is 53.1. The number of ether oxygens (including phenoxy) is 2. The Kier molecular flexibility index (Phi) is 17.0. The lowest BCUT2D eigenvalue weighted by Gasteiger charge is -2.54. The Balaban J connectivity index is 1.08. The highest BCUT2D eigenvalue weighted by atomic mass is 19.1. The van der Waals surface area contributed by atoms with Gasteiger partial charge in [-0.25, -0.2) is 14.6 Å². The number of carbonyl (C=O) groups is 5. The number of amides is 5. The van der Waals surface area contributed by atoms with Crippen LogP contribution in [0.3, 0.4) is 0 Å². The highest BCUT2D eigenvalue weighted by molar-refractivity contribution is 5.95. The number of likely N-dealkylation sites (N-methyl/N-ethyl adjacent to an activating group) is 1. The molecule has 1 spiro atoms. The number of urea groups is 1. The molecule has 0 radical (unpaired) electrons. The number of esters is 1. The number of piperidine rings is 1. The molecule has 402 valence electrons. The van der Waals surface area contributed by atoms with Gasteiger partial charge in [-0.2, -0.15) is 0 Å². The average Bonchev–Trinajstić information content (AvgIpc) is 3.70. The summed E-state index contributed by atoms with van der Waals surface area (Å²) in [5, 5.41) is 5.69. The van der Waals surface area contributed by atoms with Gasteiger partial charge in [-0.3, -0.25) is 39.0 Å². The Bertz CT molecular complexity index is 2610. The van der Waals surface area contributed by atoms with E-state index in [4.69, 9.17) is 14.5 Å². The molecule has 18 heteroatoms. The van der Waals surface area contributed by atoms with Crippen LogP contribution in [0.15, 0.2) is 55.3 Å². The number of likely N-dealkylation sites (tertiary alicyclic amines) is 1. The highest BCUT2D eigenvalue weighted by Crippen LogP contribution is 2.42. The number of rotatable bonds is 11. The number of alkyl halides is 1. The summed E-state index contributed by atoms with van der Waals surface area (Å²) in [4.78, 5) is 85.0. The third-order valence-electron chi connectivity index (χ3n) is 16.2. The number of aryl methyl sites for hydroxylation is 1. The van der Waals surface area contributed by atoms with Gasteiger partial charge in [0.1, 0.15) is 24.8 Å². The average molecular weight is 1020 g/mol. The van der Waals surface area contributed by atoms with Crippen LogP contribution in [0.5, 0.6) is 0 Å². The van der Waals surface area contributed by atoms with Crippen LogP contribution in [0, 0.1) is 11.3 Å². The Labute approximate surface area is 436 Å². The number of fused-ring (bicyclic) bond motifs is 6. The van der Waals surface area contributed by atoms with Crippen molar-refractivity contribution in [3.63, 3.8) is 0 Å². The molecule has 7 heterocycles. The van der Waals surface area contributed by atoms with E-state index in [1.165, 1.54) is 16.0 Å². The first-order valence-corrected chi connectivity index (χ1v) is 26.8. The lowest BCUT2D eigenvalue weighted by Crippen LogP contribution is -2.67. The molecule has 3 fully saturated rings. The first-order chi connectivity index (χ1) is 35.4. The summed E-state index contributed by atoms with van der Waals surface area (Å²) in [7, 11) is 3.32. The minimum absolute atomic E-state index is 0.136. The molecule has 1 aromatic carbocycles. The number of aromatic nitrogens is 2. The first-order valence-electron chi connectivity index (χ1n) is 26.8. The fraction of sp³-hybridized carbons (Fsp3) is 0.607. The molecule has 17 nitrogen and oxygen atoms in total. The number of nitrogens with zero attached hydrogens (tertiary/aromatic N) is 8. The smallest absolute Gasteiger partial charge is 0.324 e. The fourth-order valence-corrected chi connectivity index (χ4v) is 12.2. The van der Waals surface area contributed by atoms with Crippen molar-refractivity contribution in [2.45, 2.75) is 116 Å². The van der Waals surface area contributed by atoms with E-state index in [9.17, 15) is 28.4 Å². The summed E-state index contributed by atoms with van der Waals surface area (Å²) in [6.45, 7) is 20.3. The van der Waals surface area contributed by atoms with Gasteiger partial charge in [0.25, 0.3) is 5.91 Å². The van der Waals surface area contributed by atoms with Crippen LogP contribution in [0.25, 0.3) is 27.7 Å². The van der Waals surface area contributed by atoms with Crippen LogP contribution >= 0.6 is 0 Å². The molecule has 5 amide bonds. The standard InChI is InChI=1S/C56H79FN10O7/c1-10-47(68)64-29-30-65(28-22-57)56(35-64)20-26-63(27-21-56)54(72)61(8)49(37(3)4)51(69)59-45-34-62-24-13-15-40(33-62)39-18-19-46-42(31-39)43(50(66(46)11-2)41-16-12-23-58-48(41)38(5)73-9)32-55(6,7)36-74-53(71)44-17-14-25-67(60-44)52(45)70/h10,12,15-16,18-19,23,31,37-38,44-45,49,60H,1,11,13-14,17,20-22,24-30,32-36H2,2-9H3,(H,59,69)/t38-,44-,45?,49-/m0/s1. The molecule has 8 rings (SSSR count). The van der Waals surface area contributed by atoms with Crippen LogP contribution in [-0.4, -0.2) is 185 Å². The van der Waals surface area contributed by atoms with Gasteiger partial charge >= 0.3 is 12.0 Å². The zero-order valence-corrected chi connectivity index (χ0v) is 45.0. The number of methoxy groups -OCH3 is 1. The van der Waals surface area contributed by atoms with Gasteiger partial charge in [0.15, 0.2) is 0 Å². The van der Waals surface area contributed by atoms with Crippen LogP contribution in [0.2, 0.25) is 0 Å². The highest BCUT2D eigenvalue weighted by Gasteiger charge is 2.47. The molecule has 3 saturated heterocycles. The molecule has 74 heavy (non-hydrogen) atoms. The maximum Gasteiger partial charge on any atom is 0.324 e. The van der Waals surface area contributed by atoms with E-state index in [2.05, 4.69) is 82.8 Å². The van der Waals surface area contributed by atoms with Crippen molar-refractivity contribution in [1.82, 2.24) is 49.8 Å². The third-order valence-corrected chi connectivity index (χ3v) is 16.2. The zero-order valence-electron chi connectivity index (χ0n) is 45.0. The van der Waals surface area contributed by atoms with Gasteiger partial charge in [0, 0.05) is 120 Å². The van der Waals surface area contributed by atoms with Gasteiger partial charge in [0.05, 0.1) is 24.1 Å². The van der Waals surface area contributed by atoms with Gasteiger partial charge in [-0.1, -0.05) is 46.4 Å². The minimum atomic E-state index is -1.03. The second-order valence-electron chi connectivity index (χ2n) is 22.1. The SMILES string of the molecule is C=CC(=O)N1CCN(CCF)C2(CCN(C(=O)N(C)[C@H](C(=O)NC3CN4CCC=C(C4)c4ccc5c(c4)c(c(-c4cccnc4[C@H](C)OC)n5CC)CC(C)(C)COC(=O)[C@@H]4CCCN(N4)C3=O)C(C)C)CC2)C1. The third kappa shape index (κ3) is 11.3. The molecule has 2 unspecified atom stereocenters. The van der Waals surface area contributed by atoms with Crippen LogP contribution in [0.4, 0.5) is 9.18 Å². The summed E-state index contributed by atoms with van der Waals surface area (Å²) in [5.41, 5.74) is 9.50. The molecule has 5 atom stereocenters. The largest absolute Gasteiger partial charge is 0.464 e. The van der Waals surface area contributed by atoms with E-state index in [0.717, 1.165) is 51.0 Å². The first kappa shape index (κ1) is 54.6. The molecule has 5 aliphatic rings. The molecule has 2 aromatic heterocycles. The van der Waals surface area contributed by atoms with Crippen molar-refractivity contribution < 1.29 is 37.8 Å². The van der Waals surface area contributed by atoms with E-state index in [-0.39, 0.29) is 49.6 Å². The predicted octanol–water partition coefficient (Wildman–Crippen LogP) is 5.84. The fourth-order valence-electron chi connectivity index (χ4n) is 12.2. The number of benzene rings is 1. The lowest BCUT2D eigenvalue weighted by molar-refractivity contribution is -0.155. The lowest BCUT2D eigenvalue weighted by atomic mass is 9.83. The number of nitrogens with one attached hydrogen (secondary N) is 2. The van der Waals surface area contributed by atoms with Gasteiger partial charge in [-0.05, 0) is 105 Å². The number of piperazine rings is 1. The van der Waals surface area contributed by atoms with E-state index in [1.807, 2.05) is 26.8 Å². The van der Waals surface area contributed by atoms with Crippen molar-refractivity contribution in [1.29, 1.82) is 0 Å². The Hall–Kier alpha value is -5.69. The molecule has 6 bridgehead atoms. The van der Waals surface area contributed by atoms with Crippen molar-refractivity contribution in [2.75, 3.05) is 92.9 Å². The van der Waals surface area contributed by atoms with Crippen molar-refractivity contribution in [2.24, 2.45) is 11.3 Å². The molecular weight excluding hydrogens is 944 g/mol. The number of hydrazine groups is 1. The second-order valence-corrected chi connectivity index (χ2v) is 22.1. The topological polar surface area (TPSA) is 165 Å². The maximum absolute atomic E-state index is 14.9. The second kappa shape index (κ2) is 23.1. The summed E-state index contributed by atoms with van der Waals surface area (Å²) in [6, 6.07) is 7.64. The Morgan fingerprint density at radius 2 is 1.84 bits per heavy atom. The van der Waals surface area contributed by atoms with E-state index < -0.39 is 47.6 Å². The van der Waals surface area contributed by atoms with E-state index in [1.54, 1.807) is 30.2 Å².